The van der Waals surface area contributed by atoms with Crippen molar-refractivity contribution in [2.45, 2.75) is 0 Å². The highest BCUT2D eigenvalue weighted by atomic mass is 32.1. The van der Waals surface area contributed by atoms with E-state index < -0.39 is 0 Å². The zero-order valence-electron chi connectivity index (χ0n) is 49.5. The highest BCUT2D eigenvalue weighted by Gasteiger charge is 2.25. The third-order valence-electron chi connectivity index (χ3n) is 19.5. The smallest absolute Gasteiger partial charge is 0.299 e. The zero-order chi connectivity index (χ0) is 60.1. The van der Waals surface area contributed by atoms with Gasteiger partial charge in [0.15, 0.2) is 4.90 Å². The summed E-state index contributed by atoms with van der Waals surface area (Å²) in [4.78, 5) is 0.952. The lowest BCUT2D eigenvalue weighted by molar-refractivity contribution is 0.524. The Bertz CT molecular complexity index is 6460. The molecule has 4 heteroatoms. The maximum Gasteiger partial charge on any atom is 0.299 e. The van der Waals surface area contributed by atoms with E-state index >= 15 is 0 Å². The van der Waals surface area contributed by atoms with Gasteiger partial charge in [0.25, 0.3) is 5.78 Å². The van der Waals surface area contributed by atoms with Gasteiger partial charge in [0.05, 0.1) is 5.39 Å². The van der Waals surface area contributed by atoms with Crippen molar-refractivity contribution in [2.75, 3.05) is 0 Å². The van der Waals surface area contributed by atoms with Crippen molar-refractivity contribution in [3.63, 3.8) is 0 Å². The molecule has 4 aromatic heterocycles. The first-order valence-electron chi connectivity index (χ1n) is 31.4. The number of fused-ring (bicyclic) bond motifs is 16. The molecule has 0 radical (unpaired) electrons. The minimum atomic E-state index is 0.518. The van der Waals surface area contributed by atoms with Crippen molar-refractivity contribution in [1.82, 2.24) is 0 Å². The van der Waals surface area contributed by atoms with Gasteiger partial charge in [-0.25, -0.2) is 0 Å². The first-order chi connectivity index (χ1) is 45.6. The Morgan fingerprint density at radius 1 is 0.207 bits per heavy atom. The Hall–Kier alpha value is -11.8. The van der Waals surface area contributed by atoms with Crippen LogP contribution in [0.1, 0.15) is 0 Å². The van der Waals surface area contributed by atoms with Gasteiger partial charge in [-0.15, -0.1) is 0 Å². The molecule has 0 spiro atoms. The van der Waals surface area contributed by atoms with Gasteiger partial charge in [0.1, 0.15) is 16.7 Å². The Morgan fingerprint density at radius 3 is 1.32 bits per heavy atom. The van der Waals surface area contributed by atoms with Gasteiger partial charge in [-0.3, -0.25) is 0 Å². The summed E-state index contributed by atoms with van der Waals surface area (Å²) in [6, 6.07) is 111. The Morgan fingerprint density at radius 2 is 0.630 bits per heavy atom. The molecule has 0 aliphatic rings. The summed E-state index contributed by atoms with van der Waals surface area (Å²) >= 11 is 1.72. The van der Waals surface area contributed by atoms with Crippen molar-refractivity contribution < 1.29 is 13.3 Å². The first kappa shape index (κ1) is 51.1. The standard InChI is InChI=1S/C88H50O3S/c1-2-19-53-45-57(36-35-51(53)17-1)63-24-5-6-25-64(63)84-70-31-12-11-30-69(70)83(60-40-44-79-76(50-60)86-72-32-13-14-34-80(72)92-88(86)91-79)73-47-54(37-41-71(73)84)55-38-42-77-74(48-55)85-75-49-59(39-43-78(75)90-87(85)89-77)82-67-28-9-7-26-65(67)81(66-27-8-10-29-68(66)82)58-22-15-21-56(46-58)62-33-16-20-52-18-3-4-23-61(52)62/h1-50H. The summed E-state index contributed by atoms with van der Waals surface area (Å²) in [5.41, 5.74) is 18.9. The van der Waals surface area contributed by atoms with Crippen LogP contribution < -0.4 is 0 Å². The maximum absolute atomic E-state index is 6.68. The second kappa shape index (κ2) is 19.8. The van der Waals surface area contributed by atoms with E-state index in [9.17, 15) is 0 Å². The van der Waals surface area contributed by atoms with Crippen LogP contribution in [0, 0.1) is 0 Å². The molecular formula is C88H50O3S. The summed E-state index contributed by atoms with van der Waals surface area (Å²) in [6.45, 7) is 0. The number of thiophene rings is 1. The van der Waals surface area contributed by atoms with E-state index in [1.807, 2.05) is 0 Å². The molecule has 426 valence electrons. The number of furan rings is 3. The largest absolute Gasteiger partial charge is 0.445 e. The van der Waals surface area contributed by atoms with Gasteiger partial charge < -0.3 is 13.3 Å². The van der Waals surface area contributed by atoms with Crippen LogP contribution in [0.3, 0.4) is 0 Å². The number of hydrogen-bond donors (Lipinski definition) is 0. The van der Waals surface area contributed by atoms with Crippen LogP contribution in [0.4, 0.5) is 0 Å². The highest BCUT2D eigenvalue weighted by Crippen LogP contribution is 2.51. The molecule has 4 heterocycles. The monoisotopic (exact) mass is 1190 g/mol. The molecule has 16 aromatic carbocycles. The summed E-state index contributed by atoms with van der Waals surface area (Å²) in [6.07, 6.45) is 0. The first-order valence-corrected chi connectivity index (χ1v) is 32.2. The summed E-state index contributed by atoms with van der Waals surface area (Å²) < 4.78 is 21.2. The molecular weight excluding hydrogens is 1140 g/mol. The molecule has 0 saturated carbocycles. The molecule has 20 aromatic rings. The minimum Gasteiger partial charge on any atom is -0.445 e. The predicted octanol–water partition coefficient (Wildman–Crippen LogP) is 26.0. The topological polar surface area (TPSA) is 39.4 Å². The minimum absolute atomic E-state index is 0.518. The van der Waals surface area contributed by atoms with Crippen molar-refractivity contribution in [3.8, 4) is 77.9 Å². The number of rotatable bonds is 7. The molecule has 0 saturated heterocycles. The second-order valence-electron chi connectivity index (χ2n) is 24.5. The summed E-state index contributed by atoms with van der Waals surface area (Å²) in [5, 5.41) is 20.9. The molecule has 0 amide bonds. The number of benzene rings is 16. The average molecular weight is 1190 g/mol. The van der Waals surface area contributed by atoms with Crippen molar-refractivity contribution in [3.05, 3.63) is 303 Å². The van der Waals surface area contributed by atoms with Gasteiger partial charge in [-0.05, 0) is 203 Å². The average Bonchev–Trinajstić information content (AvgIpc) is 0.822. The molecule has 0 aliphatic heterocycles. The number of hydrogen-bond acceptors (Lipinski definition) is 4. The van der Waals surface area contributed by atoms with Crippen LogP contribution in [-0.2, 0) is 0 Å². The fraction of sp³-hybridized carbons (Fsp3) is 0. The van der Waals surface area contributed by atoms with Crippen LogP contribution >= 0.6 is 11.3 Å². The van der Waals surface area contributed by atoms with Gasteiger partial charge in [0, 0.05) is 31.6 Å². The van der Waals surface area contributed by atoms with Crippen LogP contribution in [0.25, 0.3) is 207 Å². The fourth-order valence-electron chi connectivity index (χ4n) is 15.4. The van der Waals surface area contributed by atoms with E-state index in [4.69, 9.17) is 13.3 Å². The molecule has 92 heavy (non-hydrogen) atoms. The molecule has 3 nitrogen and oxygen atoms in total. The fourth-order valence-corrected chi connectivity index (χ4v) is 16.5. The second-order valence-corrected chi connectivity index (χ2v) is 25.5. The third kappa shape index (κ3) is 7.68. The highest BCUT2D eigenvalue weighted by molar-refractivity contribution is 7.25. The molecule has 0 unspecified atom stereocenters. The Balaban J connectivity index is 0.776. The summed E-state index contributed by atoms with van der Waals surface area (Å²) in [5.74, 6) is 0.518. The van der Waals surface area contributed by atoms with Crippen molar-refractivity contribution >= 4 is 140 Å². The van der Waals surface area contributed by atoms with Crippen LogP contribution in [0.5, 0.6) is 0 Å². The van der Waals surface area contributed by atoms with E-state index in [-0.39, 0.29) is 0 Å². The third-order valence-corrected chi connectivity index (χ3v) is 20.5. The molecule has 0 atom stereocenters. The van der Waals surface area contributed by atoms with E-state index in [0.29, 0.717) is 5.78 Å². The molecule has 0 bridgehead atoms. The van der Waals surface area contributed by atoms with Gasteiger partial charge in [-0.1, -0.05) is 254 Å². The van der Waals surface area contributed by atoms with Gasteiger partial charge >= 0.3 is 0 Å². The SMILES string of the molecule is c1cc(-c2cccc3ccccc23)cc(-c2c3ccccc3c(-c3ccc4oc5oc6ccc(-c7ccc8c(-c9ccccc9-c9ccc%10ccccc%10c9)c9ccccc9c(-c9ccc%10oc%11sc%12ccccc%12c%11c%10c9)c8c7)cc6c5c4c3)c3ccccc23)c1. The lowest BCUT2D eigenvalue weighted by Crippen LogP contribution is -1.93. The zero-order valence-corrected chi connectivity index (χ0v) is 50.3. The Labute approximate surface area is 531 Å². The summed E-state index contributed by atoms with van der Waals surface area (Å²) in [7, 11) is 0. The molecule has 0 N–H and O–H groups in total. The van der Waals surface area contributed by atoms with Gasteiger partial charge in [-0.2, -0.15) is 0 Å². The molecule has 0 fully saturated rings. The van der Waals surface area contributed by atoms with Crippen LogP contribution in [0.15, 0.2) is 317 Å². The molecule has 20 rings (SSSR count). The lowest BCUT2D eigenvalue weighted by atomic mass is 9.82. The van der Waals surface area contributed by atoms with Gasteiger partial charge in [0.2, 0.25) is 0 Å². The normalized spacial score (nSPS) is 12.1. The van der Waals surface area contributed by atoms with Crippen LogP contribution in [-0.4, -0.2) is 0 Å². The lowest BCUT2D eigenvalue weighted by Gasteiger charge is -2.20. The van der Waals surface area contributed by atoms with E-state index in [0.717, 1.165) is 70.8 Å². The maximum atomic E-state index is 6.68. The van der Waals surface area contributed by atoms with Crippen molar-refractivity contribution in [2.24, 2.45) is 0 Å². The quantitative estimate of drug-likeness (QED) is 0.149. The van der Waals surface area contributed by atoms with Crippen LogP contribution in [0.2, 0.25) is 0 Å². The van der Waals surface area contributed by atoms with E-state index in [1.54, 1.807) is 11.3 Å². The van der Waals surface area contributed by atoms with E-state index in [2.05, 4.69) is 303 Å². The van der Waals surface area contributed by atoms with Crippen molar-refractivity contribution in [1.29, 1.82) is 0 Å². The Kier molecular flexibility index (Phi) is 11.0. The predicted molar refractivity (Wildman–Crippen MR) is 389 cm³/mol. The van der Waals surface area contributed by atoms with E-state index in [1.165, 1.54) is 130 Å². The molecule has 0 aliphatic carbocycles.